The fourth-order valence-electron chi connectivity index (χ4n) is 1.61. The predicted octanol–water partition coefficient (Wildman–Crippen LogP) is 4.52. The Bertz CT molecular complexity index is 538. The number of urea groups is 1. The molecular weight excluding hydrogens is 287 g/mol. The topological polar surface area (TPSA) is 41.1 Å². The molecule has 1 aromatic carbocycles. The van der Waals surface area contributed by atoms with E-state index in [4.69, 9.17) is 0 Å². The summed E-state index contributed by atoms with van der Waals surface area (Å²) < 4.78 is 13.1. The zero-order valence-corrected chi connectivity index (χ0v) is 12.8. The van der Waals surface area contributed by atoms with Crippen molar-refractivity contribution in [1.29, 1.82) is 0 Å². The third kappa shape index (κ3) is 6.31. The molecule has 3 nitrogen and oxygen atoms in total. The summed E-state index contributed by atoms with van der Waals surface area (Å²) in [6, 6.07) is 7.20. The van der Waals surface area contributed by atoms with Crippen LogP contribution in [0.5, 0.6) is 0 Å². The molecule has 5 heteroatoms. The Morgan fingerprint density at radius 2 is 2.05 bits per heavy atom. The van der Waals surface area contributed by atoms with E-state index < -0.39 is 5.83 Å². The Hall–Kier alpha value is -2.01. The summed E-state index contributed by atoms with van der Waals surface area (Å²) in [6.07, 6.45) is 5.39. The van der Waals surface area contributed by atoms with Crippen LogP contribution in [0.2, 0.25) is 0 Å². The van der Waals surface area contributed by atoms with Gasteiger partial charge < -0.3 is 10.6 Å². The molecule has 0 aliphatic heterocycles. The van der Waals surface area contributed by atoms with Gasteiger partial charge in [0.15, 0.2) is 0 Å². The zero-order chi connectivity index (χ0) is 15.7. The molecule has 0 aliphatic rings. The van der Waals surface area contributed by atoms with Gasteiger partial charge >= 0.3 is 6.03 Å². The van der Waals surface area contributed by atoms with E-state index in [1.165, 1.54) is 6.08 Å². The fourth-order valence-corrected chi connectivity index (χ4v) is 2.02. The average molecular weight is 306 g/mol. The second kappa shape index (κ2) is 9.02. The number of amides is 2. The van der Waals surface area contributed by atoms with E-state index in [1.807, 2.05) is 30.5 Å². The standard InChI is InChI=1S/C16H19FN2OS/c1-4-5-13(12(2)17)10-11-18-16(20)19-14-6-8-15(21-3)9-7-14/h4-9H,1-2,10-11H2,3H3,(H2,18,19,20)/b13-5-. The van der Waals surface area contributed by atoms with Crippen LogP contribution in [0.25, 0.3) is 0 Å². The molecular formula is C16H19FN2OS. The number of hydrogen-bond donors (Lipinski definition) is 2. The smallest absolute Gasteiger partial charge is 0.319 e. The van der Waals surface area contributed by atoms with Gasteiger partial charge in [-0.25, -0.2) is 9.18 Å². The van der Waals surface area contributed by atoms with Crippen LogP contribution in [0, 0.1) is 0 Å². The van der Waals surface area contributed by atoms with Gasteiger partial charge in [0, 0.05) is 17.1 Å². The van der Waals surface area contributed by atoms with Gasteiger partial charge in [0.2, 0.25) is 0 Å². The lowest BCUT2D eigenvalue weighted by Gasteiger charge is -2.09. The number of nitrogens with one attached hydrogen (secondary N) is 2. The number of carbonyl (C=O) groups excluding carboxylic acids is 1. The summed E-state index contributed by atoms with van der Waals surface area (Å²) in [5, 5.41) is 5.38. The van der Waals surface area contributed by atoms with Gasteiger partial charge in [-0.1, -0.05) is 25.3 Å². The van der Waals surface area contributed by atoms with Crippen LogP contribution in [-0.2, 0) is 0 Å². The first-order valence-corrected chi connectivity index (χ1v) is 7.64. The van der Waals surface area contributed by atoms with Gasteiger partial charge in [0.25, 0.3) is 0 Å². The van der Waals surface area contributed by atoms with Gasteiger partial charge in [0.1, 0.15) is 5.83 Å². The molecule has 0 saturated carbocycles. The molecule has 0 aliphatic carbocycles. The average Bonchev–Trinajstić information content (AvgIpc) is 2.47. The van der Waals surface area contributed by atoms with E-state index >= 15 is 0 Å². The van der Waals surface area contributed by atoms with E-state index in [0.29, 0.717) is 24.2 Å². The van der Waals surface area contributed by atoms with Crippen molar-refractivity contribution < 1.29 is 9.18 Å². The summed E-state index contributed by atoms with van der Waals surface area (Å²) in [7, 11) is 0. The van der Waals surface area contributed by atoms with Gasteiger partial charge in [-0.15, -0.1) is 11.8 Å². The van der Waals surface area contributed by atoms with E-state index in [9.17, 15) is 9.18 Å². The van der Waals surface area contributed by atoms with Crippen LogP contribution in [0.15, 0.2) is 65.9 Å². The van der Waals surface area contributed by atoms with E-state index in [2.05, 4.69) is 23.8 Å². The summed E-state index contributed by atoms with van der Waals surface area (Å²) in [5.74, 6) is -0.509. The number of carbonyl (C=O) groups is 1. The zero-order valence-electron chi connectivity index (χ0n) is 12.0. The first-order valence-electron chi connectivity index (χ1n) is 6.42. The third-order valence-electron chi connectivity index (χ3n) is 2.70. The second-order valence-corrected chi connectivity index (χ2v) is 5.07. The lowest BCUT2D eigenvalue weighted by Crippen LogP contribution is -2.29. The number of benzene rings is 1. The first-order chi connectivity index (χ1) is 10.1. The fraction of sp³-hybridized carbons (Fsp3) is 0.188. The van der Waals surface area contributed by atoms with Crippen molar-refractivity contribution >= 4 is 23.5 Å². The Balaban J connectivity index is 2.41. The number of hydrogen-bond acceptors (Lipinski definition) is 2. The van der Waals surface area contributed by atoms with Crippen LogP contribution in [0.1, 0.15) is 6.42 Å². The molecule has 0 unspecified atom stereocenters. The highest BCUT2D eigenvalue weighted by Crippen LogP contribution is 2.17. The molecule has 112 valence electrons. The molecule has 0 saturated heterocycles. The van der Waals surface area contributed by atoms with Crippen LogP contribution in [-0.4, -0.2) is 18.8 Å². The van der Waals surface area contributed by atoms with Crippen LogP contribution in [0.4, 0.5) is 14.9 Å². The molecule has 21 heavy (non-hydrogen) atoms. The third-order valence-corrected chi connectivity index (χ3v) is 3.44. The molecule has 2 N–H and O–H groups in total. The first kappa shape index (κ1) is 17.0. The molecule has 0 bridgehead atoms. The van der Waals surface area contributed by atoms with Crippen LogP contribution in [0.3, 0.4) is 0 Å². The van der Waals surface area contributed by atoms with Gasteiger partial charge in [-0.3, -0.25) is 0 Å². The number of thioether (sulfide) groups is 1. The van der Waals surface area contributed by atoms with Crippen molar-refractivity contribution in [3.05, 3.63) is 61.0 Å². The minimum atomic E-state index is -0.509. The number of rotatable bonds is 7. The van der Waals surface area contributed by atoms with Crippen molar-refractivity contribution in [2.75, 3.05) is 18.1 Å². The Kier molecular flexibility index (Phi) is 7.32. The molecule has 0 spiro atoms. The Morgan fingerprint density at radius 1 is 1.38 bits per heavy atom. The molecule has 0 aromatic heterocycles. The molecule has 0 radical (unpaired) electrons. The number of anilines is 1. The number of allylic oxidation sites excluding steroid dienone is 3. The minimum Gasteiger partial charge on any atom is -0.338 e. The highest BCUT2D eigenvalue weighted by molar-refractivity contribution is 7.98. The molecule has 2 amide bonds. The lowest BCUT2D eigenvalue weighted by molar-refractivity contribution is 0.252. The summed E-state index contributed by atoms with van der Waals surface area (Å²) >= 11 is 1.63. The maximum absolute atomic E-state index is 13.1. The quantitative estimate of drug-likeness (QED) is 0.574. The lowest BCUT2D eigenvalue weighted by atomic mass is 10.1. The SMILES string of the molecule is C=C/C=C(/CCNC(=O)Nc1ccc(SC)cc1)C(=C)F. The highest BCUT2D eigenvalue weighted by Gasteiger charge is 2.04. The molecule has 1 aromatic rings. The predicted molar refractivity (Wildman–Crippen MR) is 88.4 cm³/mol. The van der Waals surface area contributed by atoms with Gasteiger partial charge in [0.05, 0.1) is 0 Å². The van der Waals surface area contributed by atoms with Crippen molar-refractivity contribution in [2.24, 2.45) is 0 Å². The highest BCUT2D eigenvalue weighted by atomic mass is 32.2. The minimum absolute atomic E-state index is 0.317. The monoisotopic (exact) mass is 306 g/mol. The summed E-state index contributed by atoms with van der Waals surface area (Å²) in [4.78, 5) is 12.8. The Morgan fingerprint density at radius 3 is 2.57 bits per heavy atom. The normalized spacial score (nSPS) is 10.9. The summed E-state index contributed by atoms with van der Waals surface area (Å²) in [6.45, 7) is 7.07. The van der Waals surface area contributed by atoms with Crippen molar-refractivity contribution in [2.45, 2.75) is 11.3 Å². The van der Waals surface area contributed by atoms with Crippen LogP contribution >= 0.6 is 11.8 Å². The Labute approximate surface area is 129 Å². The summed E-state index contributed by atoms with van der Waals surface area (Å²) in [5.41, 5.74) is 1.14. The number of halogens is 1. The molecule has 0 atom stereocenters. The van der Waals surface area contributed by atoms with Crippen molar-refractivity contribution in [3.63, 3.8) is 0 Å². The molecule has 0 heterocycles. The van der Waals surface area contributed by atoms with Crippen molar-refractivity contribution in [3.8, 4) is 0 Å². The molecule has 0 fully saturated rings. The van der Waals surface area contributed by atoms with Crippen LogP contribution < -0.4 is 10.6 Å². The van der Waals surface area contributed by atoms with E-state index in [0.717, 1.165) is 4.90 Å². The van der Waals surface area contributed by atoms with E-state index in [-0.39, 0.29) is 6.03 Å². The second-order valence-electron chi connectivity index (χ2n) is 4.19. The largest absolute Gasteiger partial charge is 0.338 e. The maximum atomic E-state index is 13.1. The van der Waals surface area contributed by atoms with Gasteiger partial charge in [-0.2, -0.15) is 0 Å². The van der Waals surface area contributed by atoms with Crippen molar-refractivity contribution in [1.82, 2.24) is 5.32 Å². The maximum Gasteiger partial charge on any atom is 0.319 e. The van der Waals surface area contributed by atoms with E-state index in [1.54, 1.807) is 17.8 Å². The molecule has 1 rings (SSSR count). The van der Waals surface area contributed by atoms with Gasteiger partial charge in [-0.05, 0) is 42.5 Å².